The third-order valence-corrected chi connectivity index (χ3v) is 2.73. The fourth-order valence-electron chi connectivity index (χ4n) is 1.82. The molecule has 0 saturated carbocycles. The van der Waals surface area contributed by atoms with Crippen LogP contribution < -0.4 is 5.32 Å². The maximum Gasteiger partial charge on any atom is 0.0991 e. The smallest absolute Gasteiger partial charge is 0.0991 e. The first-order valence-electron chi connectivity index (χ1n) is 5.82. The van der Waals surface area contributed by atoms with Crippen LogP contribution in [0.1, 0.15) is 0 Å². The van der Waals surface area contributed by atoms with Crippen molar-refractivity contribution < 1.29 is 0 Å². The maximum atomic E-state index is 4.04. The van der Waals surface area contributed by atoms with Gasteiger partial charge in [-0.25, -0.2) is 4.98 Å². The summed E-state index contributed by atoms with van der Waals surface area (Å²) in [5, 5.41) is 3.35. The molecule has 1 heterocycles. The summed E-state index contributed by atoms with van der Waals surface area (Å²) in [7, 11) is 0. The number of benzene rings is 2. The van der Waals surface area contributed by atoms with Crippen LogP contribution in [0.5, 0.6) is 0 Å². The van der Waals surface area contributed by atoms with Crippen molar-refractivity contribution in [1.29, 1.82) is 0 Å². The molecule has 3 heteroatoms. The standard InChI is InChI=1S/C15H13N3/c1-2-4-13(5-3-1)17-14-6-8-15(9-7-14)18-11-10-16-12-18/h1-12,17H. The van der Waals surface area contributed by atoms with Gasteiger partial charge in [0.25, 0.3) is 0 Å². The lowest BCUT2D eigenvalue weighted by atomic mass is 10.2. The molecule has 0 spiro atoms. The molecule has 0 radical (unpaired) electrons. The molecule has 0 fully saturated rings. The van der Waals surface area contributed by atoms with Gasteiger partial charge < -0.3 is 9.88 Å². The molecule has 0 amide bonds. The summed E-state index contributed by atoms with van der Waals surface area (Å²) in [6.45, 7) is 0. The van der Waals surface area contributed by atoms with Gasteiger partial charge in [0.15, 0.2) is 0 Å². The van der Waals surface area contributed by atoms with Crippen LogP contribution >= 0.6 is 0 Å². The molecule has 88 valence electrons. The molecule has 1 aromatic heterocycles. The first-order valence-corrected chi connectivity index (χ1v) is 5.82. The Bertz CT molecular complexity index is 598. The summed E-state index contributed by atoms with van der Waals surface area (Å²) in [5.74, 6) is 0. The summed E-state index contributed by atoms with van der Waals surface area (Å²) in [5.41, 5.74) is 3.27. The van der Waals surface area contributed by atoms with Crippen LogP contribution in [0.15, 0.2) is 73.3 Å². The molecular formula is C15H13N3. The summed E-state index contributed by atoms with van der Waals surface area (Å²) in [4.78, 5) is 4.04. The van der Waals surface area contributed by atoms with E-state index in [9.17, 15) is 0 Å². The first-order chi connectivity index (χ1) is 8.92. The second kappa shape index (κ2) is 4.75. The predicted molar refractivity (Wildman–Crippen MR) is 73.3 cm³/mol. The van der Waals surface area contributed by atoms with Crippen molar-refractivity contribution in [2.45, 2.75) is 0 Å². The monoisotopic (exact) mass is 235 g/mol. The van der Waals surface area contributed by atoms with E-state index in [2.05, 4.69) is 34.6 Å². The SMILES string of the molecule is c1ccc(Nc2ccc(-n3ccnc3)cc2)cc1. The fourth-order valence-corrected chi connectivity index (χ4v) is 1.82. The van der Waals surface area contributed by atoms with Crippen LogP contribution in [0.3, 0.4) is 0 Å². The number of para-hydroxylation sites is 1. The van der Waals surface area contributed by atoms with Gasteiger partial charge in [-0.05, 0) is 36.4 Å². The van der Waals surface area contributed by atoms with E-state index in [4.69, 9.17) is 0 Å². The molecule has 2 aromatic carbocycles. The molecule has 0 bridgehead atoms. The van der Waals surface area contributed by atoms with E-state index in [1.165, 1.54) is 0 Å². The lowest BCUT2D eigenvalue weighted by Crippen LogP contribution is -1.92. The molecule has 1 N–H and O–H groups in total. The number of rotatable bonds is 3. The Kier molecular flexibility index (Phi) is 2.80. The number of aromatic nitrogens is 2. The Morgan fingerprint density at radius 3 is 2.22 bits per heavy atom. The van der Waals surface area contributed by atoms with Crippen LogP contribution in [0.25, 0.3) is 5.69 Å². The van der Waals surface area contributed by atoms with Crippen molar-refractivity contribution in [3.63, 3.8) is 0 Å². The van der Waals surface area contributed by atoms with E-state index >= 15 is 0 Å². The number of nitrogens with one attached hydrogen (secondary N) is 1. The van der Waals surface area contributed by atoms with E-state index in [-0.39, 0.29) is 0 Å². The summed E-state index contributed by atoms with van der Waals surface area (Å²) in [6.07, 6.45) is 5.50. The minimum absolute atomic E-state index is 1.07. The quantitative estimate of drug-likeness (QED) is 0.751. The van der Waals surface area contributed by atoms with E-state index in [1.54, 1.807) is 12.5 Å². The van der Waals surface area contributed by atoms with Crippen molar-refractivity contribution in [3.05, 3.63) is 73.3 Å². The van der Waals surface area contributed by atoms with Crippen LogP contribution in [0.2, 0.25) is 0 Å². The molecule has 3 nitrogen and oxygen atoms in total. The van der Waals surface area contributed by atoms with Gasteiger partial charge in [-0.3, -0.25) is 0 Å². The Balaban J connectivity index is 1.80. The largest absolute Gasteiger partial charge is 0.356 e. The van der Waals surface area contributed by atoms with Crippen molar-refractivity contribution in [1.82, 2.24) is 9.55 Å². The van der Waals surface area contributed by atoms with Gasteiger partial charge >= 0.3 is 0 Å². The van der Waals surface area contributed by atoms with E-state index in [1.807, 2.05) is 41.1 Å². The Morgan fingerprint density at radius 2 is 1.56 bits per heavy atom. The molecule has 0 unspecified atom stereocenters. The van der Waals surface area contributed by atoms with Crippen LogP contribution in [-0.4, -0.2) is 9.55 Å². The van der Waals surface area contributed by atoms with Gasteiger partial charge in [-0.15, -0.1) is 0 Å². The van der Waals surface area contributed by atoms with Gasteiger partial charge in [0.1, 0.15) is 0 Å². The summed E-state index contributed by atoms with van der Waals surface area (Å²) < 4.78 is 1.98. The Hall–Kier alpha value is -2.55. The predicted octanol–water partition coefficient (Wildman–Crippen LogP) is 3.62. The molecular weight excluding hydrogens is 222 g/mol. The fraction of sp³-hybridized carbons (Fsp3) is 0. The van der Waals surface area contributed by atoms with Gasteiger partial charge in [-0.1, -0.05) is 18.2 Å². The Morgan fingerprint density at radius 1 is 0.833 bits per heavy atom. The average Bonchev–Trinajstić information content (AvgIpc) is 2.95. The molecule has 18 heavy (non-hydrogen) atoms. The zero-order valence-corrected chi connectivity index (χ0v) is 9.82. The molecule has 0 aliphatic rings. The molecule has 0 atom stereocenters. The van der Waals surface area contributed by atoms with Gasteiger partial charge in [0, 0.05) is 29.5 Å². The second-order valence-corrected chi connectivity index (χ2v) is 4.01. The lowest BCUT2D eigenvalue weighted by molar-refractivity contribution is 1.06. The Labute approximate surface area is 106 Å². The highest BCUT2D eigenvalue weighted by atomic mass is 15.0. The van der Waals surface area contributed by atoms with Crippen molar-refractivity contribution >= 4 is 11.4 Å². The second-order valence-electron chi connectivity index (χ2n) is 4.01. The van der Waals surface area contributed by atoms with Crippen molar-refractivity contribution in [2.75, 3.05) is 5.32 Å². The zero-order chi connectivity index (χ0) is 12.2. The van der Waals surface area contributed by atoms with Gasteiger partial charge in [-0.2, -0.15) is 0 Å². The molecule has 0 saturated heterocycles. The molecule has 3 aromatic rings. The highest BCUT2D eigenvalue weighted by Crippen LogP contribution is 2.17. The zero-order valence-electron chi connectivity index (χ0n) is 9.82. The normalized spacial score (nSPS) is 10.2. The van der Waals surface area contributed by atoms with E-state index < -0.39 is 0 Å². The molecule has 0 aliphatic carbocycles. The lowest BCUT2D eigenvalue weighted by Gasteiger charge is -2.07. The first kappa shape index (κ1) is 10.6. The molecule has 0 aliphatic heterocycles. The summed E-state index contributed by atoms with van der Waals surface area (Å²) >= 11 is 0. The van der Waals surface area contributed by atoms with Crippen molar-refractivity contribution in [2.24, 2.45) is 0 Å². The van der Waals surface area contributed by atoms with Crippen LogP contribution in [0, 0.1) is 0 Å². The third kappa shape index (κ3) is 2.25. The average molecular weight is 235 g/mol. The number of hydrogen-bond acceptors (Lipinski definition) is 2. The van der Waals surface area contributed by atoms with Gasteiger partial charge in [0.2, 0.25) is 0 Å². The van der Waals surface area contributed by atoms with E-state index in [0.29, 0.717) is 0 Å². The number of hydrogen-bond donors (Lipinski definition) is 1. The minimum atomic E-state index is 1.07. The van der Waals surface area contributed by atoms with Crippen molar-refractivity contribution in [3.8, 4) is 5.69 Å². The molecule has 3 rings (SSSR count). The van der Waals surface area contributed by atoms with Crippen LogP contribution in [-0.2, 0) is 0 Å². The third-order valence-electron chi connectivity index (χ3n) is 2.73. The number of nitrogens with zero attached hydrogens (tertiary/aromatic N) is 2. The maximum absolute atomic E-state index is 4.04. The topological polar surface area (TPSA) is 29.9 Å². The highest BCUT2D eigenvalue weighted by molar-refractivity contribution is 5.60. The summed E-state index contributed by atoms with van der Waals surface area (Å²) in [6, 6.07) is 18.4. The van der Waals surface area contributed by atoms with Crippen LogP contribution in [0.4, 0.5) is 11.4 Å². The minimum Gasteiger partial charge on any atom is -0.356 e. The van der Waals surface area contributed by atoms with Gasteiger partial charge in [0.05, 0.1) is 6.33 Å². The van der Waals surface area contributed by atoms with E-state index in [0.717, 1.165) is 17.1 Å². The number of imidazole rings is 1. The number of anilines is 2. The highest BCUT2D eigenvalue weighted by Gasteiger charge is 1.96.